The molecular formula is C10H14Cl2N4. The number of aryl methyl sites for hydroxylation is 1. The number of hydrogen-bond donors (Lipinski definition) is 0. The van der Waals surface area contributed by atoms with E-state index in [4.69, 9.17) is 11.6 Å². The lowest BCUT2D eigenvalue weighted by Gasteiger charge is -2.03. The van der Waals surface area contributed by atoms with Crippen LogP contribution in [0.2, 0.25) is 5.15 Å². The largest absolute Gasteiger partial charge is 0.196 e. The summed E-state index contributed by atoms with van der Waals surface area (Å²) < 4.78 is 1.72. The molecule has 0 atom stereocenters. The van der Waals surface area contributed by atoms with Crippen molar-refractivity contribution in [2.24, 2.45) is 5.92 Å². The van der Waals surface area contributed by atoms with Crippen LogP contribution in [0.4, 0.5) is 0 Å². The molecule has 2 aromatic rings. The Balaban J connectivity index is 0.00000128. The van der Waals surface area contributed by atoms with Crippen molar-refractivity contribution in [3.8, 4) is 0 Å². The van der Waals surface area contributed by atoms with Crippen molar-refractivity contribution >= 4 is 29.7 Å². The number of fused-ring (bicyclic) bond motifs is 1. The molecule has 4 nitrogen and oxygen atoms in total. The fourth-order valence-electron chi connectivity index (χ4n) is 1.44. The third kappa shape index (κ3) is 2.44. The van der Waals surface area contributed by atoms with E-state index in [-0.39, 0.29) is 12.4 Å². The number of hydrogen-bond acceptors (Lipinski definition) is 3. The van der Waals surface area contributed by atoms with E-state index in [1.807, 2.05) is 13.0 Å². The van der Waals surface area contributed by atoms with Gasteiger partial charge in [0, 0.05) is 6.42 Å². The van der Waals surface area contributed by atoms with Crippen molar-refractivity contribution in [1.82, 2.24) is 19.8 Å². The van der Waals surface area contributed by atoms with E-state index in [9.17, 15) is 0 Å². The molecule has 0 aliphatic rings. The molecule has 0 fully saturated rings. The molecule has 2 aromatic heterocycles. The van der Waals surface area contributed by atoms with Gasteiger partial charge < -0.3 is 0 Å². The maximum atomic E-state index is 5.97. The van der Waals surface area contributed by atoms with Crippen LogP contribution in [-0.4, -0.2) is 19.8 Å². The van der Waals surface area contributed by atoms with Crippen LogP contribution in [0.5, 0.6) is 0 Å². The second-order valence-corrected chi connectivity index (χ2v) is 4.46. The lowest BCUT2D eigenvalue weighted by atomic mass is 10.1. The van der Waals surface area contributed by atoms with Gasteiger partial charge in [-0.25, -0.2) is 0 Å². The summed E-state index contributed by atoms with van der Waals surface area (Å²) in [5.74, 6) is 1.39. The first-order valence-corrected chi connectivity index (χ1v) is 5.33. The topological polar surface area (TPSA) is 43.1 Å². The predicted octanol–water partition coefficient (Wildman–Crippen LogP) is 2.71. The van der Waals surface area contributed by atoms with Gasteiger partial charge in [-0.2, -0.15) is 9.61 Å². The SMILES string of the molecule is Cc1cc2nnc(CC(C)C)n2nc1Cl.Cl. The maximum Gasteiger partial charge on any atom is 0.178 e. The lowest BCUT2D eigenvalue weighted by Crippen LogP contribution is -2.03. The van der Waals surface area contributed by atoms with Gasteiger partial charge in [0.2, 0.25) is 0 Å². The Kier molecular flexibility index (Phi) is 4.10. The molecule has 0 saturated heterocycles. The summed E-state index contributed by atoms with van der Waals surface area (Å²) in [5.41, 5.74) is 1.68. The van der Waals surface area contributed by atoms with Crippen molar-refractivity contribution in [2.75, 3.05) is 0 Å². The van der Waals surface area contributed by atoms with Crippen LogP contribution in [0.3, 0.4) is 0 Å². The Morgan fingerprint density at radius 3 is 2.69 bits per heavy atom. The zero-order chi connectivity index (χ0) is 11.0. The Morgan fingerprint density at radius 1 is 1.38 bits per heavy atom. The van der Waals surface area contributed by atoms with E-state index in [1.165, 1.54) is 0 Å². The van der Waals surface area contributed by atoms with Crippen molar-refractivity contribution in [3.05, 3.63) is 22.6 Å². The molecule has 0 N–H and O–H groups in total. The summed E-state index contributed by atoms with van der Waals surface area (Å²) in [6, 6.07) is 1.90. The zero-order valence-corrected chi connectivity index (χ0v) is 11.0. The van der Waals surface area contributed by atoms with Crippen LogP contribution >= 0.6 is 24.0 Å². The standard InChI is InChI=1S/C10H13ClN4.ClH/c1-6(2)4-8-12-13-9-5-7(3)10(11)14-15(8)9;/h5-6H,4H2,1-3H3;1H. The molecule has 0 aromatic carbocycles. The minimum atomic E-state index is 0. The van der Waals surface area contributed by atoms with Gasteiger partial charge in [-0.1, -0.05) is 25.4 Å². The first-order valence-electron chi connectivity index (χ1n) is 4.95. The predicted molar refractivity (Wildman–Crippen MR) is 66.3 cm³/mol. The quantitative estimate of drug-likeness (QED) is 0.834. The van der Waals surface area contributed by atoms with Gasteiger partial charge in [-0.05, 0) is 24.5 Å². The smallest absolute Gasteiger partial charge is 0.178 e. The minimum absolute atomic E-state index is 0. The second-order valence-electron chi connectivity index (χ2n) is 4.10. The number of rotatable bonds is 2. The first-order chi connectivity index (χ1) is 7.08. The van der Waals surface area contributed by atoms with E-state index in [0.717, 1.165) is 23.5 Å². The van der Waals surface area contributed by atoms with Crippen LogP contribution < -0.4 is 0 Å². The summed E-state index contributed by atoms with van der Waals surface area (Å²) in [4.78, 5) is 0. The summed E-state index contributed by atoms with van der Waals surface area (Å²) in [7, 11) is 0. The second kappa shape index (κ2) is 4.97. The van der Waals surface area contributed by atoms with Crippen LogP contribution in [-0.2, 0) is 6.42 Å². The Hall–Kier alpha value is -0.870. The van der Waals surface area contributed by atoms with Crippen LogP contribution in [0.25, 0.3) is 5.65 Å². The lowest BCUT2D eigenvalue weighted by molar-refractivity contribution is 0.605. The summed E-state index contributed by atoms with van der Waals surface area (Å²) in [6.07, 6.45) is 0.855. The maximum absolute atomic E-state index is 5.97. The van der Waals surface area contributed by atoms with Crippen LogP contribution in [0.15, 0.2) is 6.07 Å². The molecule has 0 amide bonds. The Bertz CT molecular complexity index is 493. The highest BCUT2D eigenvalue weighted by Crippen LogP contribution is 2.14. The normalized spacial score (nSPS) is 10.8. The van der Waals surface area contributed by atoms with E-state index in [1.54, 1.807) is 4.52 Å². The highest BCUT2D eigenvalue weighted by atomic mass is 35.5. The number of nitrogens with zero attached hydrogens (tertiary/aromatic N) is 4. The van der Waals surface area contributed by atoms with Gasteiger partial charge in [0.1, 0.15) is 0 Å². The van der Waals surface area contributed by atoms with Crippen LogP contribution in [0, 0.1) is 12.8 Å². The molecule has 0 aliphatic heterocycles. The molecule has 0 aliphatic carbocycles. The fraction of sp³-hybridized carbons (Fsp3) is 0.500. The van der Waals surface area contributed by atoms with Gasteiger partial charge in [-0.3, -0.25) is 0 Å². The van der Waals surface area contributed by atoms with Crippen molar-refractivity contribution in [1.29, 1.82) is 0 Å². The molecule has 2 heterocycles. The molecule has 2 rings (SSSR count). The van der Waals surface area contributed by atoms with Crippen molar-refractivity contribution < 1.29 is 0 Å². The monoisotopic (exact) mass is 260 g/mol. The van der Waals surface area contributed by atoms with Gasteiger partial charge in [-0.15, -0.1) is 22.6 Å². The molecule has 16 heavy (non-hydrogen) atoms. The number of aromatic nitrogens is 4. The molecule has 6 heteroatoms. The molecule has 0 bridgehead atoms. The van der Waals surface area contributed by atoms with E-state index >= 15 is 0 Å². The average Bonchev–Trinajstić information content (AvgIpc) is 2.49. The molecule has 0 saturated carbocycles. The third-order valence-electron chi connectivity index (χ3n) is 2.18. The molecule has 0 radical (unpaired) electrons. The summed E-state index contributed by atoms with van der Waals surface area (Å²) >= 11 is 5.97. The third-order valence-corrected chi connectivity index (χ3v) is 2.55. The van der Waals surface area contributed by atoms with E-state index in [0.29, 0.717) is 11.1 Å². The minimum Gasteiger partial charge on any atom is -0.196 e. The van der Waals surface area contributed by atoms with Gasteiger partial charge in [0.25, 0.3) is 0 Å². The highest BCUT2D eigenvalue weighted by Gasteiger charge is 2.10. The van der Waals surface area contributed by atoms with Gasteiger partial charge in [0.05, 0.1) is 0 Å². The Morgan fingerprint density at radius 2 is 2.06 bits per heavy atom. The molecular weight excluding hydrogens is 247 g/mol. The Labute approximate surface area is 105 Å². The fourth-order valence-corrected chi connectivity index (χ4v) is 1.57. The zero-order valence-electron chi connectivity index (χ0n) is 9.44. The molecule has 0 spiro atoms. The van der Waals surface area contributed by atoms with Gasteiger partial charge >= 0.3 is 0 Å². The van der Waals surface area contributed by atoms with Gasteiger partial charge in [0.15, 0.2) is 16.6 Å². The van der Waals surface area contributed by atoms with Crippen molar-refractivity contribution in [3.63, 3.8) is 0 Å². The summed E-state index contributed by atoms with van der Waals surface area (Å²) in [5, 5.41) is 12.9. The average molecular weight is 261 g/mol. The molecule has 0 unspecified atom stereocenters. The van der Waals surface area contributed by atoms with E-state index in [2.05, 4.69) is 29.1 Å². The van der Waals surface area contributed by atoms with Crippen LogP contribution in [0.1, 0.15) is 25.2 Å². The number of halogens is 2. The van der Waals surface area contributed by atoms with E-state index < -0.39 is 0 Å². The molecule has 88 valence electrons. The first kappa shape index (κ1) is 13.2. The highest BCUT2D eigenvalue weighted by molar-refractivity contribution is 6.30. The van der Waals surface area contributed by atoms with Crippen molar-refractivity contribution in [2.45, 2.75) is 27.2 Å². The summed E-state index contributed by atoms with van der Waals surface area (Å²) in [6.45, 7) is 6.18.